The zero-order valence-corrected chi connectivity index (χ0v) is 13.5. The summed E-state index contributed by atoms with van der Waals surface area (Å²) in [5.41, 5.74) is 12.9. The zero-order chi connectivity index (χ0) is 14.7. The summed E-state index contributed by atoms with van der Waals surface area (Å²) in [5.74, 6) is -0.342. The number of amides is 1. The number of carbonyl (C=O) groups excluding carboxylic acids is 1. The third kappa shape index (κ3) is 3.30. The van der Waals surface area contributed by atoms with Gasteiger partial charge in [0.15, 0.2) is 0 Å². The highest BCUT2D eigenvalue weighted by atomic mass is 79.9. The minimum atomic E-state index is -0.342. The maximum atomic E-state index is 11.4. The van der Waals surface area contributed by atoms with E-state index >= 15 is 0 Å². The van der Waals surface area contributed by atoms with Gasteiger partial charge in [0.1, 0.15) is 4.99 Å². The Kier molecular flexibility index (Phi) is 4.99. The number of thiocarbonyl (C=S) groups is 1. The first-order valence-corrected chi connectivity index (χ1v) is 7.84. The standard InChI is InChI=1S/C14H18BrN3OS/c15-10-6-3-7-11(13(10)14(17)20)18(8-12(16)19)9-4-1-2-5-9/h3,6-7,9H,1-2,4-5,8H2,(H2,16,19)(H2,17,20). The van der Waals surface area contributed by atoms with Crippen LogP contribution in [0.25, 0.3) is 0 Å². The number of primary amides is 1. The maximum absolute atomic E-state index is 11.4. The number of hydrogen-bond donors (Lipinski definition) is 2. The normalized spacial score (nSPS) is 15.2. The predicted molar refractivity (Wildman–Crippen MR) is 88.8 cm³/mol. The largest absolute Gasteiger partial charge is 0.389 e. The monoisotopic (exact) mass is 355 g/mol. The second-order valence-corrected chi connectivity index (χ2v) is 6.32. The van der Waals surface area contributed by atoms with Crippen LogP contribution < -0.4 is 16.4 Å². The lowest BCUT2D eigenvalue weighted by atomic mass is 10.1. The second kappa shape index (κ2) is 6.54. The minimum absolute atomic E-state index is 0.191. The van der Waals surface area contributed by atoms with Gasteiger partial charge >= 0.3 is 0 Å². The number of rotatable bonds is 5. The van der Waals surface area contributed by atoms with E-state index < -0.39 is 0 Å². The molecule has 0 unspecified atom stereocenters. The van der Waals surface area contributed by atoms with Gasteiger partial charge in [-0.15, -0.1) is 0 Å². The van der Waals surface area contributed by atoms with E-state index in [1.54, 1.807) is 0 Å². The van der Waals surface area contributed by atoms with Gasteiger partial charge in [0.25, 0.3) is 0 Å². The Hall–Kier alpha value is -1.14. The Balaban J connectivity index is 2.44. The maximum Gasteiger partial charge on any atom is 0.236 e. The molecular weight excluding hydrogens is 338 g/mol. The highest BCUT2D eigenvalue weighted by Crippen LogP contribution is 2.33. The molecule has 108 valence electrons. The zero-order valence-electron chi connectivity index (χ0n) is 11.1. The lowest BCUT2D eigenvalue weighted by molar-refractivity contribution is -0.116. The van der Waals surface area contributed by atoms with Crippen LogP contribution in [0.2, 0.25) is 0 Å². The molecular formula is C14H18BrN3OS. The van der Waals surface area contributed by atoms with Gasteiger partial charge in [-0.05, 0) is 40.9 Å². The van der Waals surface area contributed by atoms with Crippen molar-refractivity contribution in [2.45, 2.75) is 31.7 Å². The lowest BCUT2D eigenvalue weighted by Gasteiger charge is -2.32. The van der Waals surface area contributed by atoms with Crippen molar-refractivity contribution in [2.24, 2.45) is 11.5 Å². The molecule has 1 fully saturated rings. The SMILES string of the molecule is NC(=O)CN(c1cccc(Br)c1C(N)=S)C1CCCC1. The molecule has 1 saturated carbocycles. The third-order valence-corrected chi connectivity index (χ3v) is 4.50. The molecule has 0 saturated heterocycles. The van der Waals surface area contributed by atoms with Gasteiger partial charge in [-0.1, -0.05) is 31.1 Å². The molecule has 0 atom stereocenters. The van der Waals surface area contributed by atoms with Crippen LogP contribution in [-0.4, -0.2) is 23.5 Å². The molecule has 0 radical (unpaired) electrons. The first kappa shape index (κ1) is 15.3. The fraction of sp³-hybridized carbons (Fsp3) is 0.429. The molecule has 1 aliphatic rings. The summed E-state index contributed by atoms with van der Waals surface area (Å²) < 4.78 is 0.843. The Morgan fingerprint density at radius 1 is 1.35 bits per heavy atom. The fourth-order valence-corrected chi connectivity index (χ4v) is 3.71. The summed E-state index contributed by atoms with van der Waals surface area (Å²) in [7, 11) is 0. The van der Waals surface area contributed by atoms with E-state index in [1.165, 1.54) is 12.8 Å². The Bertz CT molecular complexity index is 529. The predicted octanol–water partition coefficient (Wildman–Crippen LogP) is 2.32. The molecule has 1 aromatic rings. The first-order chi connectivity index (χ1) is 9.50. The summed E-state index contributed by atoms with van der Waals surface area (Å²) in [6.45, 7) is 0.191. The lowest BCUT2D eigenvalue weighted by Crippen LogP contribution is -2.41. The Morgan fingerprint density at radius 3 is 2.55 bits per heavy atom. The highest BCUT2D eigenvalue weighted by molar-refractivity contribution is 9.10. The van der Waals surface area contributed by atoms with Crippen LogP contribution in [0.4, 0.5) is 5.69 Å². The van der Waals surface area contributed by atoms with Crippen molar-refractivity contribution in [1.29, 1.82) is 0 Å². The Morgan fingerprint density at radius 2 is 2.00 bits per heavy atom. The summed E-state index contributed by atoms with van der Waals surface area (Å²) in [6, 6.07) is 6.09. The van der Waals surface area contributed by atoms with Crippen LogP contribution in [0.3, 0.4) is 0 Å². The van der Waals surface area contributed by atoms with Crippen molar-refractivity contribution >= 4 is 44.7 Å². The summed E-state index contributed by atoms with van der Waals surface area (Å²) in [5, 5.41) is 0. The molecule has 4 nitrogen and oxygen atoms in total. The average molecular weight is 356 g/mol. The smallest absolute Gasteiger partial charge is 0.236 e. The number of nitrogens with zero attached hydrogens (tertiary/aromatic N) is 1. The van der Waals surface area contributed by atoms with Crippen molar-refractivity contribution < 1.29 is 4.79 Å². The number of anilines is 1. The minimum Gasteiger partial charge on any atom is -0.389 e. The summed E-state index contributed by atoms with van der Waals surface area (Å²) in [6.07, 6.45) is 4.49. The number of nitrogens with two attached hydrogens (primary N) is 2. The third-order valence-electron chi connectivity index (χ3n) is 3.64. The van der Waals surface area contributed by atoms with Gasteiger partial charge in [0.05, 0.1) is 6.54 Å². The molecule has 0 aromatic heterocycles. The summed E-state index contributed by atoms with van der Waals surface area (Å²) in [4.78, 5) is 13.8. The van der Waals surface area contributed by atoms with Gasteiger partial charge < -0.3 is 16.4 Å². The highest BCUT2D eigenvalue weighted by Gasteiger charge is 2.26. The molecule has 0 heterocycles. The molecule has 0 spiro atoms. The number of halogens is 1. The summed E-state index contributed by atoms with van der Waals surface area (Å²) >= 11 is 8.63. The van der Waals surface area contributed by atoms with E-state index in [9.17, 15) is 4.79 Å². The van der Waals surface area contributed by atoms with Crippen LogP contribution in [0, 0.1) is 0 Å². The van der Waals surface area contributed by atoms with Crippen molar-refractivity contribution in [3.63, 3.8) is 0 Å². The van der Waals surface area contributed by atoms with Crippen LogP contribution in [0.1, 0.15) is 31.2 Å². The molecule has 1 amide bonds. The number of benzene rings is 1. The average Bonchev–Trinajstić information content (AvgIpc) is 2.88. The van der Waals surface area contributed by atoms with E-state index in [4.69, 9.17) is 23.7 Å². The topological polar surface area (TPSA) is 72.4 Å². The molecule has 0 bridgehead atoms. The Labute approximate surface area is 132 Å². The van der Waals surface area contributed by atoms with Crippen LogP contribution in [-0.2, 0) is 4.79 Å². The van der Waals surface area contributed by atoms with Crippen molar-refractivity contribution in [3.8, 4) is 0 Å². The molecule has 1 aliphatic carbocycles. The first-order valence-electron chi connectivity index (χ1n) is 6.64. The van der Waals surface area contributed by atoms with E-state index in [0.717, 1.165) is 28.6 Å². The molecule has 2 rings (SSSR count). The van der Waals surface area contributed by atoms with Crippen LogP contribution in [0.15, 0.2) is 22.7 Å². The van der Waals surface area contributed by atoms with E-state index in [1.807, 2.05) is 18.2 Å². The van der Waals surface area contributed by atoms with E-state index in [-0.39, 0.29) is 12.5 Å². The van der Waals surface area contributed by atoms with Crippen LogP contribution in [0.5, 0.6) is 0 Å². The van der Waals surface area contributed by atoms with Crippen molar-refractivity contribution in [2.75, 3.05) is 11.4 Å². The van der Waals surface area contributed by atoms with Crippen molar-refractivity contribution in [3.05, 3.63) is 28.2 Å². The molecule has 1 aromatic carbocycles. The molecule has 6 heteroatoms. The second-order valence-electron chi connectivity index (χ2n) is 5.03. The molecule has 0 aliphatic heterocycles. The van der Waals surface area contributed by atoms with E-state index in [0.29, 0.717) is 11.0 Å². The number of carbonyl (C=O) groups is 1. The quantitative estimate of drug-likeness (QED) is 0.795. The van der Waals surface area contributed by atoms with Gasteiger partial charge in [-0.2, -0.15) is 0 Å². The molecule has 4 N–H and O–H groups in total. The van der Waals surface area contributed by atoms with Gasteiger partial charge in [0, 0.05) is 21.8 Å². The van der Waals surface area contributed by atoms with Crippen molar-refractivity contribution in [1.82, 2.24) is 0 Å². The number of hydrogen-bond acceptors (Lipinski definition) is 3. The molecule has 20 heavy (non-hydrogen) atoms. The van der Waals surface area contributed by atoms with Crippen LogP contribution >= 0.6 is 28.1 Å². The van der Waals surface area contributed by atoms with E-state index in [2.05, 4.69) is 20.8 Å². The van der Waals surface area contributed by atoms with Gasteiger partial charge in [-0.25, -0.2) is 0 Å². The fourth-order valence-electron chi connectivity index (χ4n) is 2.79. The van der Waals surface area contributed by atoms with Gasteiger partial charge in [0.2, 0.25) is 5.91 Å². The van der Waals surface area contributed by atoms with Gasteiger partial charge in [-0.3, -0.25) is 4.79 Å².